The van der Waals surface area contributed by atoms with E-state index in [2.05, 4.69) is 21.2 Å². The largest absolute Gasteiger partial charge is 0.489 e. The predicted molar refractivity (Wildman–Crippen MR) is 86.1 cm³/mol. The van der Waals surface area contributed by atoms with E-state index < -0.39 is 5.97 Å². The maximum atomic E-state index is 10.7. The lowest BCUT2D eigenvalue weighted by molar-refractivity contribution is -0.137. The fraction of sp³-hybridized carbons (Fsp3) is 0.562. The third-order valence-electron chi connectivity index (χ3n) is 4.19. The molecule has 2 N–H and O–H groups in total. The van der Waals surface area contributed by atoms with Crippen molar-refractivity contribution in [2.45, 2.75) is 12.8 Å². The molecule has 3 rings (SSSR count). The molecule has 0 aliphatic carbocycles. The molecule has 1 saturated heterocycles. The average molecular weight is 305 g/mol. The molecule has 0 spiro atoms. The maximum Gasteiger partial charge on any atom is 0.303 e. The minimum Gasteiger partial charge on any atom is -0.489 e. The van der Waals surface area contributed by atoms with Crippen LogP contribution in [0.5, 0.6) is 5.75 Å². The Morgan fingerprint density at radius 3 is 2.86 bits per heavy atom. The number of anilines is 2. The van der Waals surface area contributed by atoms with Gasteiger partial charge in [-0.15, -0.1) is 0 Å². The van der Waals surface area contributed by atoms with Crippen molar-refractivity contribution in [2.24, 2.45) is 0 Å². The number of carbonyl (C=O) groups is 1. The first-order valence-electron chi connectivity index (χ1n) is 7.94. The number of hydrogen-bond donors (Lipinski definition) is 2. The Morgan fingerprint density at radius 2 is 2.09 bits per heavy atom. The van der Waals surface area contributed by atoms with Crippen molar-refractivity contribution in [3.05, 3.63) is 18.2 Å². The number of hydrogen-bond acceptors (Lipinski definition) is 5. The van der Waals surface area contributed by atoms with Crippen LogP contribution >= 0.6 is 0 Å². The Labute approximate surface area is 130 Å². The summed E-state index contributed by atoms with van der Waals surface area (Å²) in [7, 11) is 0. The van der Waals surface area contributed by atoms with Gasteiger partial charge in [0.05, 0.1) is 12.2 Å². The Bertz CT molecular complexity index is 529. The van der Waals surface area contributed by atoms with Gasteiger partial charge in [0.2, 0.25) is 0 Å². The molecule has 0 radical (unpaired) electrons. The van der Waals surface area contributed by atoms with Crippen molar-refractivity contribution in [1.29, 1.82) is 0 Å². The molecule has 2 aliphatic heterocycles. The molecule has 2 aliphatic rings. The molecular formula is C16H23N3O3. The molecule has 6 nitrogen and oxygen atoms in total. The first-order valence-corrected chi connectivity index (χ1v) is 7.94. The van der Waals surface area contributed by atoms with E-state index in [1.165, 1.54) is 5.69 Å². The topological polar surface area (TPSA) is 65.0 Å². The fourth-order valence-electron chi connectivity index (χ4n) is 3.13. The van der Waals surface area contributed by atoms with Crippen LogP contribution in [0, 0.1) is 0 Å². The minimum absolute atomic E-state index is 0.211. The quantitative estimate of drug-likeness (QED) is 0.851. The molecule has 22 heavy (non-hydrogen) atoms. The first-order chi connectivity index (χ1) is 10.8. The standard InChI is InChI=1S/C16H23N3O3/c20-15(21)5-2-8-19-11-12-22-14-4-1-3-13(16(14)19)18-9-6-17-7-10-18/h1,3-4,17H,2,5-12H2,(H,20,21). The number of nitrogens with one attached hydrogen (secondary N) is 1. The number of carboxylic acids is 1. The van der Waals surface area contributed by atoms with Gasteiger partial charge in [-0.25, -0.2) is 0 Å². The summed E-state index contributed by atoms with van der Waals surface area (Å²) in [5, 5.41) is 12.2. The van der Waals surface area contributed by atoms with Crippen LogP contribution in [0.4, 0.5) is 11.4 Å². The van der Waals surface area contributed by atoms with Crippen molar-refractivity contribution in [1.82, 2.24) is 5.32 Å². The number of nitrogens with zero attached hydrogens (tertiary/aromatic N) is 2. The van der Waals surface area contributed by atoms with Gasteiger partial charge in [-0.2, -0.15) is 0 Å². The summed E-state index contributed by atoms with van der Waals surface area (Å²) in [5.74, 6) is 0.182. The molecular weight excluding hydrogens is 282 g/mol. The van der Waals surface area contributed by atoms with Crippen molar-refractivity contribution in [2.75, 3.05) is 55.7 Å². The third kappa shape index (κ3) is 3.27. The van der Waals surface area contributed by atoms with E-state index in [4.69, 9.17) is 9.84 Å². The number of rotatable bonds is 5. The summed E-state index contributed by atoms with van der Waals surface area (Å²) < 4.78 is 5.81. The second-order valence-electron chi connectivity index (χ2n) is 5.69. The molecule has 0 aromatic heterocycles. The molecule has 0 saturated carbocycles. The van der Waals surface area contributed by atoms with Gasteiger partial charge >= 0.3 is 5.97 Å². The number of fused-ring (bicyclic) bond motifs is 1. The van der Waals surface area contributed by atoms with Crippen LogP contribution in [0.1, 0.15) is 12.8 Å². The number of ether oxygens (including phenoxy) is 1. The van der Waals surface area contributed by atoms with Crippen LogP contribution in [0.25, 0.3) is 0 Å². The van der Waals surface area contributed by atoms with Crippen molar-refractivity contribution < 1.29 is 14.6 Å². The number of carboxylic acid groups (broad SMARTS) is 1. The van der Waals surface area contributed by atoms with Gasteiger partial charge in [0.15, 0.2) is 0 Å². The van der Waals surface area contributed by atoms with E-state index in [0.29, 0.717) is 13.0 Å². The Balaban J connectivity index is 1.81. The van der Waals surface area contributed by atoms with Gasteiger partial charge < -0.3 is 25.0 Å². The molecule has 0 atom stereocenters. The number of piperazine rings is 1. The minimum atomic E-state index is -0.733. The van der Waals surface area contributed by atoms with E-state index in [1.54, 1.807) is 0 Å². The lowest BCUT2D eigenvalue weighted by atomic mass is 10.1. The van der Waals surface area contributed by atoms with Gasteiger partial charge in [-0.05, 0) is 18.6 Å². The molecule has 0 amide bonds. The van der Waals surface area contributed by atoms with Crippen molar-refractivity contribution in [3.63, 3.8) is 0 Å². The average Bonchev–Trinajstić information content (AvgIpc) is 2.55. The zero-order valence-electron chi connectivity index (χ0n) is 12.8. The highest BCUT2D eigenvalue weighted by Gasteiger charge is 2.24. The van der Waals surface area contributed by atoms with Crippen LogP contribution in [0.15, 0.2) is 18.2 Å². The zero-order chi connectivity index (χ0) is 15.4. The van der Waals surface area contributed by atoms with Crippen LogP contribution in [0.3, 0.4) is 0 Å². The smallest absolute Gasteiger partial charge is 0.303 e. The maximum absolute atomic E-state index is 10.7. The summed E-state index contributed by atoms with van der Waals surface area (Å²) in [4.78, 5) is 15.4. The van der Waals surface area contributed by atoms with Crippen LogP contribution in [0.2, 0.25) is 0 Å². The van der Waals surface area contributed by atoms with Crippen molar-refractivity contribution in [3.8, 4) is 5.75 Å². The van der Waals surface area contributed by atoms with Gasteiger partial charge in [0, 0.05) is 39.1 Å². The van der Waals surface area contributed by atoms with E-state index in [0.717, 1.165) is 50.7 Å². The van der Waals surface area contributed by atoms with Crippen LogP contribution in [-0.2, 0) is 4.79 Å². The van der Waals surface area contributed by atoms with E-state index in [1.807, 2.05) is 12.1 Å². The van der Waals surface area contributed by atoms with Gasteiger partial charge in [-0.1, -0.05) is 6.07 Å². The van der Waals surface area contributed by atoms with E-state index >= 15 is 0 Å². The third-order valence-corrected chi connectivity index (χ3v) is 4.19. The van der Waals surface area contributed by atoms with Crippen molar-refractivity contribution >= 4 is 17.3 Å². The lowest BCUT2D eigenvalue weighted by Crippen LogP contribution is -2.44. The Morgan fingerprint density at radius 1 is 1.27 bits per heavy atom. The number of aliphatic carboxylic acids is 1. The fourth-order valence-corrected chi connectivity index (χ4v) is 3.13. The van der Waals surface area contributed by atoms with Crippen LogP contribution < -0.4 is 19.9 Å². The molecule has 0 bridgehead atoms. The summed E-state index contributed by atoms with van der Waals surface area (Å²) in [6.45, 7) is 6.18. The number of benzene rings is 1. The molecule has 2 heterocycles. The van der Waals surface area contributed by atoms with Gasteiger partial charge in [0.25, 0.3) is 0 Å². The molecule has 6 heteroatoms. The number of para-hydroxylation sites is 1. The highest BCUT2D eigenvalue weighted by Crippen LogP contribution is 2.40. The summed E-state index contributed by atoms with van der Waals surface area (Å²) in [6.07, 6.45) is 0.868. The molecule has 120 valence electrons. The molecule has 1 fully saturated rings. The highest BCUT2D eigenvalue weighted by atomic mass is 16.5. The zero-order valence-corrected chi connectivity index (χ0v) is 12.8. The lowest BCUT2D eigenvalue weighted by Gasteiger charge is -2.38. The molecule has 0 unspecified atom stereocenters. The van der Waals surface area contributed by atoms with E-state index in [-0.39, 0.29) is 6.42 Å². The second-order valence-corrected chi connectivity index (χ2v) is 5.69. The summed E-state index contributed by atoms with van der Waals surface area (Å²) in [6, 6.07) is 6.18. The van der Waals surface area contributed by atoms with E-state index in [9.17, 15) is 4.79 Å². The second kappa shape index (κ2) is 6.87. The molecule has 1 aromatic carbocycles. The van der Waals surface area contributed by atoms with Gasteiger partial charge in [-0.3, -0.25) is 4.79 Å². The summed E-state index contributed by atoms with van der Waals surface area (Å²) >= 11 is 0. The predicted octanol–water partition coefficient (Wildman–Crippen LogP) is 1.16. The Kier molecular flexibility index (Phi) is 4.68. The van der Waals surface area contributed by atoms with Crippen LogP contribution in [-0.4, -0.2) is 57.0 Å². The SMILES string of the molecule is O=C(O)CCCN1CCOc2cccc(N3CCNCC3)c21. The van der Waals surface area contributed by atoms with Gasteiger partial charge in [0.1, 0.15) is 18.0 Å². The highest BCUT2D eigenvalue weighted by molar-refractivity contribution is 5.78. The normalized spacial score (nSPS) is 17.8. The first kappa shape index (κ1) is 15.0. The Hall–Kier alpha value is -1.95. The monoisotopic (exact) mass is 305 g/mol. The summed E-state index contributed by atoms with van der Waals surface area (Å²) in [5.41, 5.74) is 2.33. The molecule has 1 aromatic rings.